The molecule has 2 N–H and O–H groups in total. The quantitative estimate of drug-likeness (QED) is 0.871. The molecule has 1 fully saturated rings. The van der Waals surface area contributed by atoms with E-state index in [1.165, 1.54) is 21.6 Å². The fraction of sp³-hybridized carbons (Fsp3) is 0.636. The minimum atomic E-state index is 0.268. The first-order chi connectivity index (χ1) is 7.05. The Bertz CT molecular complexity index is 335. The zero-order chi connectivity index (χ0) is 10.9. The van der Waals surface area contributed by atoms with Crippen molar-refractivity contribution in [1.82, 2.24) is 5.32 Å². The van der Waals surface area contributed by atoms with Crippen LogP contribution in [0.2, 0.25) is 0 Å². The Morgan fingerprint density at radius 2 is 2.33 bits per heavy atom. The molecular formula is C11H17BrN2S. The Morgan fingerprint density at radius 3 is 2.93 bits per heavy atom. The maximum absolute atomic E-state index is 3.61. The fourth-order valence-electron chi connectivity index (χ4n) is 2.09. The van der Waals surface area contributed by atoms with Gasteiger partial charge in [-0.1, -0.05) is 0 Å². The lowest BCUT2D eigenvalue weighted by molar-refractivity contribution is 0.286. The minimum absolute atomic E-state index is 0.268. The fourth-order valence-corrected chi connectivity index (χ4v) is 3.45. The molecule has 0 bridgehead atoms. The molecule has 1 aliphatic rings. The number of hydrogen-bond donors (Lipinski definition) is 2. The van der Waals surface area contributed by atoms with Crippen molar-refractivity contribution >= 4 is 32.3 Å². The highest BCUT2D eigenvalue weighted by Crippen LogP contribution is 2.29. The molecule has 1 aromatic heterocycles. The lowest BCUT2D eigenvalue weighted by Gasteiger charge is -2.37. The molecule has 2 rings (SSSR count). The van der Waals surface area contributed by atoms with Crippen LogP contribution in [0.3, 0.4) is 0 Å². The van der Waals surface area contributed by atoms with Crippen LogP contribution >= 0.6 is 27.3 Å². The Labute approximate surface area is 104 Å². The van der Waals surface area contributed by atoms with Crippen molar-refractivity contribution in [2.45, 2.75) is 38.3 Å². The number of halogens is 1. The van der Waals surface area contributed by atoms with E-state index in [4.69, 9.17) is 0 Å². The zero-order valence-electron chi connectivity index (χ0n) is 9.14. The Hall–Kier alpha value is -0.0600. The molecule has 1 unspecified atom stereocenters. The van der Waals surface area contributed by atoms with E-state index in [0.717, 1.165) is 6.54 Å². The van der Waals surface area contributed by atoms with Gasteiger partial charge in [0.2, 0.25) is 0 Å². The van der Waals surface area contributed by atoms with Crippen molar-refractivity contribution in [1.29, 1.82) is 0 Å². The van der Waals surface area contributed by atoms with Gasteiger partial charge in [-0.2, -0.15) is 0 Å². The summed E-state index contributed by atoms with van der Waals surface area (Å²) in [5.74, 6) is 0. The van der Waals surface area contributed by atoms with Crippen LogP contribution in [-0.2, 0) is 0 Å². The molecule has 15 heavy (non-hydrogen) atoms. The zero-order valence-corrected chi connectivity index (χ0v) is 11.5. The summed E-state index contributed by atoms with van der Waals surface area (Å²) in [7, 11) is 0. The number of anilines is 1. The molecule has 0 aromatic carbocycles. The monoisotopic (exact) mass is 288 g/mol. The molecule has 0 radical (unpaired) electrons. The normalized spacial score (nSPS) is 25.1. The van der Waals surface area contributed by atoms with Crippen molar-refractivity contribution in [3.63, 3.8) is 0 Å². The summed E-state index contributed by atoms with van der Waals surface area (Å²) in [6, 6.07) is 4.84. The summed E-state index contributed by atoms with van der Waals surface area (Å²) in [6.45, 7) is 5.65. The van der Waals surface area contributed by atoms with E-state index >= 15 is 0 Å². The lowest BCUT2D eigenvalue weighted by atomic mass is 9.89. The van der Waals surface area contributed by atoms with Crippen molar-refractivity contribution < 1.29 is 0 Å². The highest BCUT2D eigenvalue weighted by Gasteiger charge is 2.27. The highest BCUT2D eigenvalue weighted by molar-refractivity contribution is 9.11. The van der Waals surface area contributed by atoms with Gasteiger partial charge in [0.15, 0.2) is 0 Å². The summed E-state index contributed by atoms with van der Waals surface area (Å²) in [5.41, 5.74) is 0.268. The molecule has 0 aliphatic carbocycles. The number of rotatable bonds is 2. The second-order valence-electron chi connectivity index (χ2n) is 4.75. The number of thiophene rings is 1. The van der Waals surface area contributed by atoms with E-state index in [1.54, 1.807) is 11.3 Å². The van der Waals surface area contributed by atoms with Gasteiger partial charge in [0, 0.05) is 11.6 Å². The summed E-state index contributed by atoms with van der Waals surface area (Å²) < 4.78 is 1.19. The molecule has 1 atom stereocenters. The second kappa shape index (κ2) is 4.44. The van der Waals surface area contributed by atoms with E-state index < -0.39 is 0 Å². The van der Waals surface area contributed by atoms with Crippen LogP contribution in [0.1, 0.15) is 26.7 Å². The number of hydrogen-bond acceptors (Lipinski definition) is 3. The predicted molar refractivity (Wildman–Crippen MR) is 70.7 cm³/mol. The van der Waals surface area contributed by atoms with Gasteiger partial charge in [-0.15, -0.1) is 11.3 Å². The van der Waals surface area contributed by atoms with Gasteiger partial charge in [0.25, 0.3) is 0 Å². The average Bonchev–Trinajstić information content (AvgIpc) is 2.49. The Balaban J connectivity index is 1.95. The van der Waals surface area contributed by atoms with Gasteiger partial charge in [-0.25, -0.2) is 0 Å². The predicted octanol–water partition coefficient (Wildman–Crippen LogP) is 3.45. The first-order valence-electron chi connectivity index (χ1n) is 5.32. The second-order valence-corrected chi connectivity index (χ2v) is 7.21. The van der Waals surface area contributed by atoms with Crippen molar-refractivity contribution in [3.8, 4) is 0 Å². The minimum Gasteiger partial charge on any atom is -0.374 e. The number of nitrogens with one attached hydrogen (secondary N) is 2. The molecule has 2 heterocycles. The standard InChI is InChI=1S/C11H17BrN2S/c1-11(2)7-8(5-6-13-11)14-10-4-3-9(12)15-10/h3-4,8,13-14H,5-7H2,1-2H3. The molecular weight excluding hydrogens is 272 g/mol. The van der Waals surface area contributed by atoms with Gasteiger partial charge in [0.1, 0.15) is 0 Å². The largest absolute Gasteiger partial charge is 0.374 e. The van der Waals surface area contributed by atoms with E-state index in [-0.39, 0.29) is 5.54 Å². The van der Waals surface area contributed by atoms with Crippen LogP contribution in [-0.4, -0.2) is 18.1 Å². The third kappa shape index (κ3) is 3.20. The third-order valence-corrected chi connectivity index (χ3v) is 4.33. The summed E-state index contributed by atoms with van der Waals surface area (Å²) in [6.07, 6.45) is 2.39. The molecule has 0 amide bonds. The summed E-state index contributed by atoms with van der Waals surface area (Å²) >= 11 is 5.25. The van der Waals surface area contributed by atoms with Crippen LogP contribution < -0.4 is 10.6 Å². The molecule has 1 aromatic rings. The van der Waals surface area contributed by atoms with Crippen LogP contribution in [0, 0.1) is 0 Å². The van der Waals surface area contributed by atoms with E-state index in [1.807, 2.05) is 0 Å². The average molecular weight is 289 g/mol. The van der Waals surface area contributed by atoms with Gasteiger partial charge in [-0.05, 0) is 61.3 Å². The van der Waals surface area contributed by atoms with Crippen LogP contribution in [0.15, 0.2) is 15.9 Å². The molecule has 2 nitrogen and oxygen atoms in total. The summed E-state index contributed by atoms with van der Waals surface area (Å²) in [5, 5.41) is 8.41. The molecule has 0 saturated carbocycles. The van der Waals surface area contributed by atoms with Crippen LogP contribution in [0.5, 0.6) is 0 Å². The van der Waals surface area contributed by atoms with Gasteiger partial charge in [-0.3, -0.25) is 0 Å². The van der Waals surface area contributed by atoms with E-state index in [9.17, 15) is 0 Å². The lowest BCUT2D eigenvalue weighted by Crippen LogP contribution is -2.49. The van der Waals surface area contributed by atoms with Crippen molar-refractivity contribution in [2.24, 2.45) is 0 Å². The number of piperidine rings is 1. The van der Waals surface area contributed by atoms with Crippen molar-refractivity contribution in [2.75, 3.05) is 11.9 Å². The third-order valence-electron chi connectivity index (χ3n) is 2.77. The Morgan fingerprint density at radius 1 is 1.53 bits per heavy atom. The molecule has 0 spiro atoms. The van der Waals surface area contributed by atoms with Crippen LogP contribution in [0.25, 0.3) is 0 Å². The summed E-state index contributed by atoms with van der Waals surface area (Å²) in [4.78, 5) is 0. The van der Waals surface area contributed by atoms with Gasteiger partial charge >= 0.3 is 0 Å². The SMILES string of the molecule is CC1(C)CC(Nc2ccc(Br)s2)CCN1. The first kappa shape index (κ1) is 11.4. The molecule has 4 heteroatoms. The molecule has 1 saturated heterocycles. The van der Waals surface area contributed by atoms with E-state index in [0.29, 0.717) is 6.04 Å². The molecule has 84 valence electrons. The Kier molecular flexibility index (Phi) is 3.38. The van der Waals surface area contributed by atoms with Crippen molar-refractivity contribution in [3.05, 3.63) is 15.9 Å². The highest BCUT2D eigenvalue weighted by atomic mass is 79.9. The maximum atomic E-state index is 3.61. The first-order valence-corrected chi connectivity index (χ1v) is 6.93. The molecule has 1 aliphatic heterocycles. The smallest absolute Gasteiger partial charge is 0.0896 e. The van der Waals surface area contributed by atoms with Gasteiger partial charge in [0.05, 0.1) is 8.79 Å². The van der Waals surface area contributed by atoms with E-state index in [2.05, 4.69) is 52.5 Å². The topological polar surface area (TPSA) is 24.1 Å². The maximum Gasteiger partial charge on any atom is 0.0896 e. The van der Waals surface area contributed by atoms with Gasteiger partial charge < -0.3 is 10.6 Å². The van der Waals surface area contributed by atoms with Crippen LogP contribution in [0.4, 0.5) is 5.00 Å².